The molecule has 0 heterocycles. The molecule has 3 unspecified atom stereocenters. The van der Waals surface area contributed by atoms with Gasteiger partial charge in [-0.15, -0.1) is 0 Å². The fourth-order valence-corrected chi connectivity index (χ4v) is 4.06. The number of rotatable bonds is 24. The van der Waals surface area contributed by atoms with E-state index in [-0.39, 0.29) is 6.61 Å². The molecule has 5 nitrogen and oxygen atoms in total. The van der Waals surface area contributed by atoms with Gasteiger partial charge in [-0.1, -0.05) is 129 Å². The molecule has 0 fully saturated rings. The van der Waals surface area contributed by atoms with Crippen molar-refractivity contribution >= 4 is 5.91 Å². The normalized spacial score (nSPS) is 14.5. The molecule has 33 heavy (non-hydrogen) atoms. The highest BCUT2D eigenvalue weighted by molar-refractivity contribution is 5.80. The molecule has 0 aromatic carbocycles. The maximum absolute atomic E-state index is 12.2. The van der Waals surface area contributed by atoms with E-state index in [2.05, 4.69) is 19.2 Å². The van der Waals surface area contributed by atoms with E-state index in [1.807, 2.05) is 6.08 Å². The third-order valence-corrected chi connectivity index (χ3v) is 6.38. The number of carbonyl (C=O) groups excluding carboxylic acids is 1. The van der Waals surface area contributed by atoms with Crippen molar-refractivity contribution in [1.82, 2.24) is 5.32 Å². The number of allylic oxidation sites excluding steroid dienone is 1. The second-order valence-corrected chi connectivity index (χ2v) is 9.61. The van der Waals surface area contributed by atoms with Crippen LogP contribution in [-0.2, 0) is 4.79 Å². The first-order valence-electron chi connectivity index (χ1n) is 14.0. The number of aliphatic hydroxyl groups excluding tert-OH is 3. The van der Waals surface area contributed by atoms with Crippen LogP contribution in [0, 0.1) is 0 Å². The monoisotopic (exact) mass is 469 g/mol. The summed E-state index contributed by atoms with van der Waals surface area (Å²) in [5.41, 5.74) is 0. The van der Waals surface area contributed by atoms with Crippen molar-refractivity contribution in [2.45, 2.75) is 154 Å². The van der Waals surface area contributed by atoms with Gasteiger partial charge in [0.25, 0.3) is 0 Å². The highest BCUT2D eigenvalue weighted by Gasteiger charge is 2.22. The minimum atomic E-state index is -1.09. The zero-order chi connectivity index (χ0) is 24.6. The largest absolute Gasteiger partial charge is 0.394 e. The van der Waals surface area contributed by atoms with Gasteiger partial charge in [0.2, 0.25) is 5.91 Å². The SMILES string of the molecule is CCCCCCCCC/C=C/C(O)C(CO)NC(=O)C(O)CCCCCCCCCCCC. The molecule has 0 aliphatic carbocycles. The molecule has 3 atom stereocenters. The molecule has 0 aromatic heterocycles. The van der Waals surface area contributed by atoms with Crippen molar-refractivity contribution in [2.75, 3.05) is 6.61 Å². The Morgan fingerprint density at radius 1 is 0.727 bits per heavy atom. The van der Waals surface area contributed by atoms with E-state index in [4.69, 9.17) is 0 Å². The number of nitrogens with one attached hydrogen (secondary N) is 1. The molecule has 0 saturated heterocycles. The minimum Gasteiger partial charge on any atom is -0.394 e. The van der Waals surface area contributed by atoms with Gasteiger partial charge in [0.05, 0.1) is 18.8 Å². The summed E-state index contributed by atoms with van der Waals surface area (Å²) in [7, 11) is 0. The van der Waals surface area contributed by atoms with Crippen LogP contribution >= 0.6 is 0 Å². The predicted molar refractivity (Wildman–Crippen MR) is 139 cm³/mol. The van der Waals surface area contributed by atoms with Crippen LogP contribution < -0.4 is 5.32 Å². The third kappa shape index (κ3) is 20.2. The molecule has 0 spiro atoms. The summed E-state index contributed by atoms with van der Waals surface area (Å²) in [5.74, 6) is -0.510. The zero-order valence-corrected chi connectivity index (χ0v) is 21.8. The molecule has 0 bridgehead atoms. The number of amides is 1. The van der Waals surface area contributed by atoms with Crippen LogP contribution in [-0.4, -0.2) is 46.1 Å². The van der Waals surface area contributed by atoms with Crippen molar-refractivity contribution in [3.63, 3.8) is 0 Å². The van der Waals surface area contributed by atoms with Crippen molar-refractivity contribution < 1.29 is 20.1 Å². The summed E-state index contributed by atoms with van der Waals surface area (Å²) >= 11 is 0. The highest BCUT2D eigenvalue weighted by atomic mass is 16.3. The van der Waals surface area contributed by atoms with Crippen molar-refractivity contribution in [3.05, 3.63) is 12.2 Å². The van der Waals surface area contributed by atoms with E-state index in [1.54, 1.807) is 6.08 Å². The lowest BCUT2D eigenvalue weighted by atomic mass is 10.0. The van der Waals surface area contributed by atoms with E-state index in [0.717, 1.165) is 32.1 Å². The molecule has 1 amide bonds. The lowest BCUT2D eigenvalue weighted by Gasteiger charge is -2.21. The Morgan fingerprint density at radius 2 is 1.18 bits per heavy atom. The standard InChI is InChI=1S/C28H55NO4/c1-3-5-7-9-11-13-15-17-19-21-23-27(32)28(33)29-25(24-30)26(31)22-20-18-16-14-12-10-8-6-4-2/h20,22,25-27,30-32H,3-19,21,23-24H2,1-2H3,(H,29,33)/b22-20+. The van der Waals surface area contributed by atoms with Crippen LogP contribution in [0.3, 0.4) is 0 Å². The predicted octanol–water partition coefficient (Wildman–Crippen LogP) is 6.19. The van der Waals surface area contributed by atoms with Gasteiger partial charge in [0.15, 0.2) is 0 Å². The molecule has 196 valence electrons. The van der Waals surface area contributed by atoms with Crippen LogP contribution in [0.15, 0.2) is 12.2 Å². The molecule has 0 saturated carbocycles. The molecule has 0 aliphatic rings. The second kappa shape index (κ2) is 24.2. The minimum absolute atomic E-state index is 0.361. The summed E-state index contributed by atoms with van der Waals surface area (Å²) in [6.45, 7) is 4.09. The van der Waals surface area contributed by atoms with Crippen molar-refractivity contribution in [1.29, 1.82) is 0 Å². The first kappa shape index (κ1) is 32.1. The van der Waals surface area contributed by atoms with Crippen molar-refractivity contribution in [3.8, 4) is 0 Å². The fourth-order valence-electron chi connectivity index (χ4n) is 4.06. The molecule has 0 radical (unpaired) electrons. The lowest BCUT2D eigenvalue weighted by molar-refractivity contribution is -0.131. The Bertz CT molecular complexity index is 455. The maximum atomic E-state index is 12.2. The topological polar surface area (TPSA) is 89.8 Å². The molecule has 4 N–H and O–H groups in total. The average molecular weight is 470 g/mol. The van der Waals surface area contributed by atoms with Crippen LogP contribution in [0.1, 0.15) is 136 Å². The molecular formula is C28H55NO4. The van der Waals surface area contributed by atoms with Gasteiger partial charge in [-0.25, -0.2) is 0 Å². The Labute approximate surface area is 204 Å². The number of hydrogen-bond acceptors (Lipinski definition) is 4. The average Bonchev–Trinajstić information content (AvgIpc) is 2.82. The van der Waals surface area contributed by atoms with Crippen LogP contribution in [0.5, 0.6) is 0 Å². The van der Waals surface area contributed by atoms with E-state index in [1.165, 1.54) is 83.5 Å². The van der Waals surface area contributed by atoms with E-state index < -0.39 is 24.2 Å². The summed E-state index contributed by atoms with van der Waals surface area (Å²) < 4.78 is 0. The van der Waals surface area contributed by atoms with Gasteiger partial charge in [-0.3, -0.25) is 4.79 Å². The third-order valence-electron chi connectivity index (χ3n) is 6.38. The Kier molecular flexibility index (Phi) is 23.6. The van der Waals surface area contributed by atoms with Crippen LogP contribution in [0.25, 0.3) is 0 Å². The molecule has 5 heteroatoms. The van der Waals surface area contributed by atoms with E-state index >= 15 is 0 Å². The molecule has 0 aromatic rings. The van der Waals surface area contributed by atoms with Gasteiger partial charge >= 0.3 is 0 Å². The summed E-state index contributed by atoms with van der Waals surface area (Å²) in [4.78, 5) is 12.2. The molecule has 0 aliphatic heterocycles. The lowest BCUT2D eigenvalue weighted by Crippen LogP contribution is -2.48. The van der Waals surface area contributed by atoms with Crippen LogP contribution in [0.2, 0.25) is 0 Å². The smallest absolute Gasteiger partial charge is 0.249 e. The number of carbonyl (C=O) groups is 1. The summed E-state index contributed by atoms with van der Waals surface area (Å²) in [5, 5.41) is 32.5. The number of aliphatic hydroxyl groups is 3. The second-order valence-electron chi connectivity index (χ2n) is 9.61. The Balaban J connectivity index is 3.88. The quantitative estimate of drug-likeness (QED) is 0.100. The number of hydrogen-bond donors (Lipinski definition) is 4. The first-order chi connectivity index (χ1) is 16.1. The fraction of sp³-hybridized carbons (Fsp3) is 0.893. The highest BCUT2D eigenvalue weighted by Crippen LogP contribution is 2.13. The van der Waals surface area contributed by atoms with Gasteiger partial charge < -0.3 is 20.6 Å². The summed E-state index contributed by atoms with van der Waals surface area (Å²) in [6.07, 6.45) is 23.6. The van der Waals surface area contributed by atoms with Gasteiger partial charge in [0.1, 0.15) is 6.10 Å². The van der Waals surface area contributed by atoms with E-state index in [9.17, 15) is 20.1 Å². The molecule has 0 rings (SSSR count). The Morgan fingerprint density at radius 3 is 1.67 bits per heavy atom. The molecular weight excluding hydrogens is 414 g/mol. The maximum Gasteiger partial charge on any atom is 0.249 e. The van der Waals surface area contributed by atoms with Crippen LogP contribution in [0.4, 0.5) is 0 Å². The van der Waals surface area contributed by atoms with E-state index in [0.29, 0.717) is 6.42 Å². The summed E-state index contributed by atoms with van der Waals surface area (Å²) in [6, 6.07) is -0.787. The van der Waals surface area contributed by atoms with Crippen molar-refractivity contribution in [2.24, 2.45) is 0 Å². The van der Waals surface area contributed by atoms with Gasteiger partial charge in [0, 0.05) is 0 Å². The zero-order valence-electron chi connectivity index (χ0n) is 21.8. The van der Waals surface area contributed by atoms with Gasteiger partial charge in [-0.05, 0) is 19.3 Å². The number of unbranched alkanes of at least 4 members (excludes halogenated alkanes) is 16. The van der Waals surface area contributed by atoms with Gasteiger partial charge in [-0.2, -0.15) is 0 Å². The first-order valence-corrected chi connectivity index (χ1v) is 14.0. The Hall–Kier alpha value is -0.910.